The third-order valence-electron chi connectivity index (χ3n) is 2.34. The predicted molar refractivity (Wildman–Crippen MR) is 72.1 cm³/mol. The SMILES string of the molecule is NC(=O)Cc1ccc(C(=O)c2ccc(Cl)cc2)s1. The molecule has 0 saturated heterocycles. The van der Waals surface area contributed by atoms with E-state index in [4.69, 9.17) is 17.3 Å². The number of hydrogen-bond donors (Lipinski definition) is 1. The summed E-state index contributed by atoms with van der Waals surface area (Å²) in [6.07, 6.45) is 0.165. The molecule has 0 saturated carbocycles. The predicted octanol–water partition coefficient (Wildman–Crippen LogP) is 2.66. The van der Waals surface area contributed by atoms with Crippen molar-refractivity contribution in [1.82, 2.24) is 0 Å². The van der Waals surface area contributed by atoms with Gasteiger partial charge in [-0.3, -0.25) is 9.59 Å². The maximum absolute atomic E-state index is 12.1. The smallest absolute Gasteiger partial charge is 0.222 e. The third-order valence-corrected chi connectivity index (χ3v) is 3.68. The minimum Gasteiger partial charge on any atom is -0.369 e. The molecular formula is C13H10ClNO2S. The molecule has 5 heteroatoms. The van der Waals surface area contributed by atoms with Crippen LogP contribution in [0.1, 0.15) is 20.1 Å². The third kappa shape index (κ3) is 2.97. The Morgan fingerprint density at radius 2 is 1.78 bits per heavy atom. The molecule has 18 heavy (non-hydrogen) atoms. The lowest BCUT2D eigenvalue weighted by Gasteiger charge is -1.97. The molecule has 2 N–H and O–H groups in total. The first-order chi connectivity index (χ1) is 8.56. The number of primary amides is 1. The molecule has 1 heterocycles. The van der Waals surface area contributed by atoms with Gasteiger partial charge in [0.1, 0.15) is 0 Å². The molecule has 0 fully saturated rings. The summed E-state index contributed by atoms with van der Waals surface area (Å²) in [4.78, 5) is 24.3. The molecular weight excluding hydrogens is 270 g/mol. The Morgan fingerprint density at radius 3 is 2.39 bits per heavy atom. The summed E-state index contributed by atoms with van der Waals surface area (Å²) < 4.78 is 0. The van der Waals surface area contributed by atoms with Crippen LogP contribution in [0.4, 0.5) is 0 Å². The highest BCUT2D eigenvalue weighted by molar-refractivity contribution is 7.14. The number of halogens is 1. The molecule has 2 rings (SSSR count). The van der Waals surface area contributed by atoms with E-state index in [-0.39, 0.29) is 12.2 Å². The first-order valence-corrected chi connectivity index (χ1v) is 6.43. The number of amides is 1. The number of benzene rings is 1. The summed E-state index contributed by atoms with van der Waals surface area (Å²) in [5, 5.41) is 0.590. The van der Waals surface area contributed by atoms with Crippen molar-refractivity contribution in [2.45, 2.75) is 6.42 Å². The number of ketones is 1. The van der Waals surface area contributed by atoms with Crippen LogP contribution in [0.3, 0.4) is 0 Å². The second kappa shape index (κ2) is 5.33. The van der Waals surface area contributed by atoms with Gasteiger partial charge in [0.15, 0.2) is 0 Å². The Labute approximate surface area is 113 Å². The van der Waals surface area contributed by atoms with Crippen LogP contribution in [0.5, 0.6) is 0 Å². The minimum atomic E-state index is -0.401. The highest BCUT2D eigenvalue weighted by Gasteiger charge is 2.12. The standard InChI is InChI=1S/C13H10ClNO2S/c14-9-3-1-8(2-4-9)13(17)11-6-5-10(18-11)7-12(15)16/h1-6H,7H2,(H2,15,16). The van der Waals surface area contributed by atoms with E-state index in [2.05, 4.69) is 0 Å². The summed E-state index contributed by atoms with van der Waals surface area (Å²) in [5.74, 6) is -0.477. The van der Waals surface area contributed by atoms with Crippen LogP contribution in [-0.4, -0.2) is 11.7 Å². The van der Waals surface area contributed by atoms with Gasteiger partial charge >= 0.3 is 0 Å². The zero-order chi connectivity index (χ0) is 13.1. The van der Waals surface area contributed by atoms with Crippen molar-refractivity contribution in [2.75, 3.05) is 0 Å². The van der Waals surface area contributed by atoms with Gasteiger partial charge in [0, 0.05) is 15.5 Å². The van der Waals surface area contributed by atoms with E-state index in [1.807, 2.05) is 0 Å². The van der Waals surface area contributed by atoms with Crippen molar-refractivity contribution in [3.63, 3.8) is 0 Å². The molecule has 0 atom stereocenters. The van der Waals surface area contributed by atoms with Crippen molar-refractivity contribution in [2.24, 2.45) is 5.73 Å². The van der Waals surface area contributed by atoms with Gasteiger partial charge in [-0.15, -0.1) is 11.3 Å². The summed E-state index contributed by atoms with van der Waals surface area (Å²) in [6.45, 7) is 0. The Kier molecular flexibility index (Phi) is 3.79. The molecule has 0 radical (unpaired) electrons. The topological polar surface area (TPSA) is 60.2 Å². The van der Waals surface area contributed by atoms with Crippen LogP contribution < -0.4 is 5.73 Å². The molecule has 0 aliphatic rings. The lowest BCUT2D eigenvalue weighted by Crippen LogP contribution is -2.12. The molecule has 1 aromatic heterocycles. The minimum absolute atomic E-state index is 0.0765. The van der Waals surface area contributed by atoms with E-state index in [1.54, 1.807) is 36.4 Å². The summed E-state index contributed by atoms with van der Waals surface area (Å²) in [7, 11) is 0. The average Bonchev–Trinajstić information content (AvgIpc) is 2.76. The number of nitrogens with two attached hydrogens (primary N) is 1. The fraction of sp³-hybridized carbons (Fsp3) is 0.0769. The molecule has 2 aromatic rings. The number of rotatable bonds is 4. The van der Waals surface area contributed by atoms with E-state index >= 15 is 0 Å². The normalized spacial score (nSPS) is 10.3. The zero-order valence-corrected chi connectivity index (χ0v) is 10.9. The monoisotopic (exact) mass is 279 g/mol. The van der Waals surface area contributed by atoms with Gasteiger partial charge in [0.2, 0.25) is 11.7 Å². The van der Waals surface area contributed by atoms with Gasteiger partial charge in [-0.05, 0) is 36.4 Å². The quantitative estimate of drug-likeness (QED) is 0.875. The van der Waals surface area contributed by atoms with Crippen LogP contribution >= 0.6 is 22.9 Å². The van der Waals surface area contributed by atoms with E-state index < -0.39 is 5.91 Å². The number of hydrogen-bond acceptors (Lipinski definition) is 3. The van der Waals surface area contributed by atoms with Gasteiger partial charge in [-0.1, -0.05) is 11.6 Å². The van der Waals surface area contributed by atoms with Crippen LogP contribution in [-0.2, 0) is 11.2 Å². The molecule has 0 aliphatic heterocycles. The molecule has 0 aliphatic carbocycles. The highest BCUT2D eigenvalue weighted by Crippen LogP contribution is 2.21. The summed E-state index contributed by atoms with van der Waals surface area (Å²) >= 11 is 7.05. The maximum atomic E-state index is 12.1. The summed E-state index contributed by atoms with van der Waals surface area (Å²) in [6, 6.07) is 10.2. The van der Waals surface area contributed by atoms with Crippen molar-refractivity contribution >= 4 is 34.6 Å². The zero-order valence-electron chi connectivity index (χ0n) is 9.35. The van der Waals surface area contributed by atoms with Gasteiger partial charge < -0.3 is 5.73 Å². The first-order valence-electron chi connectivity index (χ1n) is 5.23. The highest BCUT2D eigenvalue weighted by atomic mass is 35.5. The molecule has 1 amide bonds. The molecule has 1 aromatic carbocycles. The van der Waals surface area contributed by atoms with Crippen LogP contribution in [0.25, 0.3) is 0 Å². The van der Waals surface area contributed by atoms with Gasteiger partial charge in [0.25, 0.3) is 0 Å². The van der Waals surface area contributed by atoms with Gasteiger partial charge in [-0.25, -0.2) is 0 Å². The van der Waals surface area contributed by atoms with E-state index in [1.165, 1.54) is 11.3 Å². The molecule has 0 unspecified atom stereocenters. The van der Waals surface area contributed by atoms with Crippen LogP contribution in [0, 0.1) is 0 Å². The van der Waals surface area contributed by atoms with Crippen LogP contribution in [0.2, 0.25) is 5.02 Å². The Bertz CT molecular complexity index is 589. The largest absolute Gasteiger partial charge is 0.369 e. The average molecular weight is 280 g/mol. The second-order valence-corrected chi connectivity index (χ2v) is 5.35. The second-order valence-electron chi connectivity index (χ2n) is 3.75. The summed E-state index contributed by atoms with van der Waals surface area (Å²) in [5.41, 5.74) is 5.68. The van der Waals surface area contributed by atoms with Gasteiger partial charge in [-0.2, -0.15) is 0 Å². The van der Waals surface area contributed by atoms with Crippen molar-refractivity contribution in [3.05, 3.63) is 56.7 Å². The Morgan fingerprint density at radius 1 is 1.11 bits per heavy atom. The maximum Gasteiger partial charge on any atom is 0.222 e. The van der Waals surface area contributed by atoms with Crippen molar-refractivity contribution in [1.29, 1.82) is 0 Å². The van der Waals surface area contributed by atoms with E-state index in [0.29, 0.717) is 15.5 Å². The molecule has 92 valence electrons. The lowest BCUT2D eigenvalue weighted by molar-refractivity contribution is -0.117. The van der Waals surface area contributed by atoms with E-state index in [9.17, 15) is 9.59 Å². The van der Waals surface area contributed by atoms with Crippen molar-refractivity contribution in [3.8, 4) is 0 Å². The molecule has 0 bridgehead atoms. The van der Waals surface area contributed by atoms with E-state index in [0.717, 1.165) is 4.88 Å². The lowest BCUT2D eigenvalue weighted by atomic mass is 10.1. The Hall–Kier alpha value is -1.65. The number of thiophene rings is 1. The Balaban J connectivity index is 2.21. The number of carbonyl (C=O) groups excluding carboxylic acids is 2. The fourth-order valence-electron chi connectivity index (χ4n) is 1.51. The molecule has 0 spiro atoms. The van der Waals surface area contributed by atoms with Gasteiger partial charge in [0.05, 0.1) is 11.3 Å². The van der Waals surface area contributed by atoms with Crippen LogP contribution in [0.15, 0.2) is 36.4 Å². The van der Waals surface area contributed by atoms with Crippen molar-refractivity contribution < 1.29 is 9.59 Å². The fourth-order valence-corrected chi connectivity index (χ4v) is 2.62. The first kappa shape index (κ1) is 12.8. The number of carbonyl (C=O) groups is 2. The molecule has 3 nitrogen and oxygen atoms in total.